The third-order valence-corrected chi connectivity index (χ3v) is 4.13. The Kier molecular flexibility index (Phi) is 4.59. The van der Waals surface area contributed by atoms with Crippen LogP contribution in [0.2, 0.25) is 0 Å². The summed E-state index contributed by atoms with van der Waals surface area (Å²) in [6.07, 6.45) is 0.196. The molecule has 124 valence electrons. The lowest BCUT2D eigenvalue weighted by atomic mass is 10.0. The van der Waals surface area contributed by atoms with Crippen LogP contribution < -0.4 is 10.6 Å². The maximum atomic E-state index is 12.4. The van der Waals surface area contributed by atoms with Gasteiger partial charge in [-0.15, -0.1) is 0 Å². The Balaban J connectivity index is 1.89. The highest BCUT2D eigenvalue weighted by Gasteiger charge is 2.32. The van der Waals surface area contributed by atoms with Crippen molar-refractivity contribution >= 4 is 17.6 Å². The molecule has 0 aliphatic carbocycles. The van der Waals surface area contributed by atoms with Crippen molar-refractivity contribution < 1.29 is 14.7 Å². The molecule has 3 rings (SSSR count). The van der Waals surface area contributed by atoms with E-state index in [0.717, 1.165) is 21.6 Å². The number of hydrogen-bond donors (Lipinski definition) is 2. The molecule has 24 heavy (non-hydrogen) atoms. The van der Waals surface area contributed by atoms with Crippen LogP contribution in [0.5, 0.6) is 0 Å². The number of nitrogens with zero attached hydrogens (tertiary/aromatic N) is 2. The summed E-state index contributed by atoms with van der Waals surface area (Å²) < 4.78 is 0. The van der Waals surface area contributed by atoms with E-state index in [1.54, 1.807) is 0 Å². The summed E-state index contributed by atoms with van der Waals surface area (Å²) in [6, 6.07) is 15.0. The van der Waals surface area contributed by atoms with Crippen molar-refractivity contribution in [2.45, 2.75) is 13.0 Å². The van der Waals surface area contributed by atoms with E-state index < -0.39 is 12.8 Å². The Bertz CT molecular complexity index is 758. The first-order chi connectivity index (χ1) is 11.6. The number of rotatable bonds is 4. The highest BCUT2D eigenvalue weighted by atomic mass is 16.3. The lowest BCUT2D eigenvalue weighted by molar-refractivity contribution is -0.131. The molecule has 1 fully saturated rings. The summed E-state index contributed by atoms with van der Waals surface area (Å²) >= 11 is 0. The van der Waals surface area contributed by atoms with Gasteiger partial charge in [-0.25, -0.2) is 9.69 Å². The van der Waals surface area contributed by atoms with E-state index in [-0.39, 0.29) is 12.3 Å². The molecule has 1 heterocycles. The molecule has 0 bridgehead atoms. The highest BCUT2D eigenvalue weighted by Crippen LogP contribution is 2.27. The Hall–Kier alpha value is -2.70. The minimum absolute atomic E-state index is 0.196. The number of aliphatic hydroxyl groups excluding tert-OH is 1. The van der Waals surface area contributed by atoms with Gasteiger partial charge in [0.25, 0.3) is 0 Å². The average molecular weight is 325 g/mol. The number of imide groups is 1. The first-order valence-electron chi connectivity index (χ1n) is 7.76. The molecule has 3 N–H and O–H groups in total. The fourth-order valence-corrected chi connectivity index (χ4v) is 2.76. The van der Waals surface area contributed by atoms with E-state index in [1.165, 1.54) is 4.90 Å². The number of aliphatic hydroxyl groups is 1. The molecule has 0 spiro atoms. The molecule has 0 atom stereocenters. The predicted octanol–water partition coefficient (Wildman–Crippen LogP) is 1.92. The molecule has 0 aromatic heterocycles. The van der Waals surface area contributed by atoms with Crippen LogP contribution in [0.3, 0.4) is 0 Å². The smallest absolute Gasteiger partial charge is 0.333 e. The van der Waals surface area contributed by atoms with Crippen LogP contribution in [-0.2, 0) is 11.3 Å². The largest absolute Gasteiger partial charge is 0.376 e. The van der Waals surface area contributed by atoms with E-state index >= 15 is 0 Å². The van der Waals surface area contributed by atoms with E-state index in [1.807, 2.05) is 48.5 Å². The zero-order valence-electron chi connectivity index (χ0n) is 13.2. The minimum Gasteiger partial charge on any atom is -0.376 e. The van der Waals surface area contributed by atoms with Crippen molar-refractivity contribution in [2.24, 2.45) is 5.73 Å². The summed E-state index contributed by atoms with van der Waals surface area (Å²) in [4.78, 5) is 26.4. The molecule has 1 aliphatic rings. The lowest BCUT2D eigenvalue weighted by Crippen LogP contribution is -2.52. The summed E-state index contributed by atoms with van der Waals surface area (Å²) in [6.45, 7) is 0.200. The molecule has 0 radical (unpaired) electrons. The zero-order chi connectivity index (χ0) is 17.1. The molecule has 6 heteroatoms. The van der Waals surface area contributed by atoms with Crippen LogP contribution in [-0.4, -0.2) is 35.2 Å². The Morgan fingerprint density at radius 2 is 1.79 bits per heavy atom. The van der Waals surface area contributed by atoms with Gasteiger partial charge >= 0.3 is 6.03 Å². The maximum absolute atomic E-state index is 12.4. The van der Waals surface area contributed by atoms with E-state index in [0.29, 0.717) is 18.8 Å². The van der Waals surface area contributed by atoms with Gasteiger partial charge in [0.15, 0.2) is 0 Å². The minimum atomic E-state index is -0.603. The van der Waals surface area contributed by atoms with E-state index in [2.05, 4.69) is 0 Å². The number of carbonyl (C=O) groups is 2. The summed E-state index contributed by atoms with van der Waals surface area (Å²) in [7, 11) is 0. The summed E-state index contributed by atoms with van der Waals surface area (Å²) in [5.41, 5.74) is 9.36. The number of anilines is 1. The van der Waals surface area contributed by atoms with Crippen molar-refractivity contribution in [3.8, 4) is 11.1 Å². The predicted molar refractivity (Wildman–Crippen MR) is 91.1 cm³/mol. The molecule has 1 aliphatic heterocycles. The molecule has 2 aromatic rings. The molecule has 3 amide bonds. The van der Waals surface area contributed by atoms with E-state index in [9.17, 15) is 14.7 Å². The fraction of sp³-hybridized carbons (Fsp3) is 0.222. The van der Waals surface area contributed by atoms with Gasteiger partial charge in [-0.2, -0.15) is 0 Å². The van der Waals surface area contributed by atoms with Crippen molar-refractivity contribution in [1.29, 1.82) is 0 Å². The van der Waals surface area contributed by atoms with Gasteiger partial charge in [0.2, 0.25) is 5.91 Å². The molecule has 0 unspecified atom stereocenters. The van der Waals surface area contributed by atoms with Crippen molar-refractivity contribution in [1.82, 2.24) is 4.90 Å². The van der Waals surface area contributed by atoms with Crippen LogP contribution >= 0.6 is 0 Å². The molecule has 1 saturated heterocycles. The van der Waals surface area contributed by atoms with Crippen LogP contribution in [0.1, 0.15) is 12.0 Å². The van der Waals surface area contributed by atoms with Crippen molar-refractivity contribution in [2.75, 3.05) is 18.2 Å². The highest BCUT2D eigenvalue weighted by molar-refractivity contribution is 6.05. The molecule has 6 nitrogen and oxygen atoms in total. The third-order valence-electron chi connectivity index (χ3n) is 4.13. The van der Waals surface area contributed by atoms with Gasteiger partial charge < -0.3 is 10.8 Å². The Morgan fingerprint density at radius 3 is 2.46 bits per heavy atom. The van der Waals surface area contributed by atoms with Gasteiger partial charge in [0, 0.05) is 25.2 Å². The number of amides is 3. The van der Waals surface area contributed by atoms with Gasteiger partial charge in [-0.1, -0.05) is 36.4 Å². The standard InChI is InChI=1S/C18H19N3O3/c19-11-13-4-6-14(7-5-13)15-2-1-3-16(10-15)20-9-8-17(23)21(12-22)18(20)24/h1-7,10,22H,8-9,11-12,19H2. The van der Waals surface area contributed by atoms with Gasteiger partial charge in [-0.05, 0) is 28.8 Å². The molecular formula is C18H19N3O3. The second kappa shape index (κ2) is 6.82. The number of nitrogens with two attached hydrogens (primary N) is 1. The first kappa shape index (κ1) is 16.2. The topological polar surface area (TPSA) is 86.9 Å². The molecular weight excluding hydrogens is 306 g/mol. The van der Waals surface area contributed by atoms with Crippen LogP contribution in [0.15, 0.2) is 48.5 Å². The monoisotopic (exact) mass is 325 g/mol. The first-order valence-corrected chi connectivity index (χ1v) is 7.76. The average Bonchev–Trinajstić information content (AvgIpc) is 2.62. The fourth-order valence-electron chi connectivity index (χ4n) is 2.76. The van der Waals surface area contributed by atoms with Crippen LogP contribution in [0.25, 0.3) is 11.1 Å². The second-order valence-corrected chi connectivity index (χ2v) is 5.60. The zero-order valence-corrected chi connectivity index (χ0v) is 13.2. The Labute approximate surface area is 140 Å². The number of carbonyl (C=O) groups excluding carboxylic acids is 2. The summed E-state index contributed by atoms with van der Waals surface area (Å²) in [5.74, 6) is -0.354. The van der Waals surface area contributed by atoms with Gasteiger partial charge in [0.1, 0.15) is 6.73 Å². The normalized spacial score (nSPS) is 15.1. The van der Waals surface area contributed by atoms with Crippen molar-refractivity contribution in [3.63, 3.8) is 0 Å². The molecule has 2 aromatic carbocycles. The quantitative estimate of drug-likeness (QED) is 0.899. The number of benzene rings is 2. The third kappa shape index (κ3) is 3.02. The Morgan fingerprint density at radius 1 is 1.04 bits per heavy atom. The van der Waals surface area contributed by atoms with Crippen molar-refractivity contribution in [3.05, 3.63) is 54.1 Å². The van der Waals surface area contributed by atoms with Gasteiger partial charge in [-0.3, -0.25) is 9.69 Å². The number of hydrogen-bond acceptors (Lipinski definition) is 4. The van der Waals surface area contributed by atoms with Crippen LogP contribution in [0.4, 0.5) is 10.5 Å². The summed E-state index contributed by atoms with van der Waals surface area (Å²) in [5, 5.41) is 9.23. The van der Waals surface area contributed by atoms with E-state index in [4.69, 9.17) is 5.73 Å². The SMILES string of the molecule is NCc1ccc(-c2cccc(N3CCC(=O)N(CO)C3=O)c2)cc1. The van der Waals surface area contributed by atoms with Crippen LogP contribution in [0, 0.1) is 0 Å². The molecule has 0 saturated carbocycles. The second-order valence-electron chi connectivity index (χ2n) is 5.60. The lowest BCUT2D eigenvalue weighted by Gasteiger charge is -2.33. The maximum Gasteiger partial charge on any atom is 0.333 e. The van der Waals surface area contributed by atoms with Gasteiger partial charge in [0.05, 0.1) is 0 Å². The number of urea groups is 1.